The van der Waals surface area contributed by atoms with Crippen molar-refractivity contribution < 1.29 is 19.1 Å². The number of nitrogens with zero attached hydrogens (tertiary/aromatic N) is 1. The van der Waals surface area contributed by atoms with Crippen LogP contribution in [0.3, 0.4) is 0 Å². The van der Waals surface area contributed by atoms with Crippen molar-refractivity contribution in [2.75, 3.05) is 4.90 Å². The second-order valence-corrected chi connectivity index (χ2v) is 7.89. The third-order valence-corrected chi connectivity index (χ3v) is 5.51. The van der Waals surface area contributed by atoms with Gasteiger partial charge in [0.2, 0.25) is 0 Å². The molecule has 3 aromatic rings. The van der Waals surface area contributed by atoms with Crippen molar-refractivity contribution in [3.8, 4) is 0 Å². The van der Waals surface area contributed by atoms with E-state index in [1.165, 1.54) is 23.1 Å². The Morgan fingerprint density at radius 1 is 0.903 bits per heavy atom. The highest BCUT2D eigenvalue weighted by Gasteiger charge is 2.47. The molecule has 1 N–H and O–H groups in total. The Hall–Kier alpha value is -3.73. The van der Waals surface area contributed by atoms with E-state index in [1.54, 1.807) is 13.0 Å². The van der Waals surface area contributed by atoms with Crippen LogP contribution in [0.5, 0.6) is 0 Å². The van der Waals surface area contributed by atoms with E-state index in [-0.39, 0.29) is 11.3 Å². The Kier molecular flexibility index (Phi) is 5.19. The van der Waals surface area contributed by atoms with Crippen molar-refractivity contribution in [2.24, 2.45) is 0 Å². The lowest BCUT2D eigenvalue weighted by Crippen LogP contribution is -2.29. The lowest BCUT2D eigenvalue weighted by molar-refractivity contribution is -0.132. The van der Waals surface area contributed by atoms with Crippen molar-refractivity contribution in [3.63, 3.8) is 0 Å². The maximum atomic E-state index is 13.8. The first kappa shape index (κ1) is 20.5. The van der Waals surface area contributed by atoms with Gasteiger partial charge in [-0.3, -0.25) is 14.5 Å². The maximum absolute atomic E-state index is 13.8. The summed E-state index contributed by atoms with van der Waals surface area (Å²) in [6.07, 6.45) is 0. The molecule has 1 aliphatic heterocycles. The summed E-state index contributed by atoms with van der Waals surface area (Å²) in [5.41, 5.74) is 3.80. The molecule has 156 valence electrons. The Bertz CT molecular complexity index is 1240. The van der Waals surface area contributed by atoms with Gasteiger partial charge < -0.3 is 5.11 Å². The number of aliphatic hydroxyl groups is 1. The van der Waals surface area contributed by atoms with Gasteiger partial charge in [0.25, 0.3) is 11.7 Å². The molecular weight excluding hydrogens is 393 g/mol. The van der Waals surface area contributed by atoms with Gasteiger partial charge in [-0.25, -0.2) is 4.39 Å². The van der Waals surface area contributed by atoms with Gasteiger partial charge in [0, 0.05) is 11.3 Å². The third-order valence-electron chi connectivity index (χ3n) is 5.51. The minimum atomic E-state index is -0.799. The zero-order valence-corrected chi connectivity index (χ0v) is 17.5. The Labute approximate surface area is 180 Å². The molecule has 1 unspecified atom stereocenters. The van der Waals surface area contributed by atoms with Crippen LogP contribution in [0.25, 0.3) is 5.76 Å². The van der Waals surface area contributed by atoms with Gasteiger partial charge in [0.1, 0.15) is 11.6 Å². The molecule has 0 bridgehead atoms. The van der Waals surface area contributed by atoms with Gasteiger partial charge in [-0.2, -0.15) is 0 Å². The van der Waals surface area contributed by atoms with Gasteiger partial charge in [-0.15, -0.1) is 0 Å². The lowest BCUT2D eigenvalue weighted by atomic mass is 9.94. The smallest absolute Gasteiger partial charge is 0.300 e. The van der Waals surface area contributed by atoms with Crippen LogP contribution in [-0.2, 0) is 9.59 Å². The summed E-state index contributed by atoms with van der Waals surface area (Å²) in [7, 11) is 0. The first-order chi connectivity index (χ1) is 14.8. The summed E-state index contributed by atoms with van der Waals surface area (Å²) < 4.78 is 13.8. The topological polar surface area (TPSA) is 57.6 Å². The number of carbonyl (C=O) groups excluding carboxylic acids is 2. The first-order valence-electron chi connectivity index (χ1n) is 9.98. The van der Waals surface area contributed by atoms with Gasteiger partial charge >= 0.3 is 0 Å². The van der Waals surface area contributed by atoms with E-state index in [1.807, 2.05) is 56.3 Å². The van der Waals surface area contributed by atoms with Crippen LogP contribution in [0, 0.1) is 26.6 Å². The summed E-state index contributed by atoms with van der Waals surface area (Å²) in [6.45, 7) is 5.41. The van der Waals surface area contributed by atoms with Crippen molar-refractivity contribution in [2.45, 2.75) is 26.8 Å². The van der Waals surface area contributed by atoms with Gasteiger partial charge in [-0.05, 0) is 67.8 Å². The Balaban J connectivity index is 1.97. The Morgan fingerprint density at radius 2 is 1.58 bits per heavy atom. The van der Waals surface area contributed by atoms with Gasteiger partial charge in [0.15, 0.2) is 0 Å². The minimum absolute atomic E-state index is 0.0110. The SMILES string of the molecule is Cc1cccc(C2/C(=C(/O)c3ccc(F)c(C)c3)C(=O)C(=O)N2c2cccc(C)c2)c1. The standard InChI is InChI=1S/C26H22FNO3/c1-15-6-4-8-18(12-15)23-22(24(29)19-10-11-21(27)17(3)14-19)25(30)26(31)28(23)20-9-5-7-16(2)13-20/h4-14,23,29H,1-3H3/b24-22-. The first-order valence-corrected chi connectivity index (χ1v) is 9.98. The van der Waals surface area contributed by atoms with Crippen LogP contribution < -0.4 is 4.90 Å². The van der Waals surface area contributed by atoms with Crippen LogP contribution in [-0.4, -0.2) is 16.8 Å². The van der Waals surface area contributed by atoms with Crippen molar-refractivity contribution >= 4 is 23.1 Å². The maximum Gasteiger partial charge on any atom is 0.300 e. The number of amides is 1. The summed E-state index contributed by atoms with van der Waals surface area (Å²) in [6, 6.07) is 18.1. The number of anilines is 1. The van der Waals surface area contributed by atoms with Crippen LogP contribution in [0.4, 0.5) is 10.1 Å². The number of hydrogen-bond acceptors (Lipinski definition) is 3. The van der Waals surface area contributed by atoms with Crippen molar-refractivity contribution in [1.29, 1.82) is 0 Å². The number of carbonyl (C=O) groups is 2. The molecule has 1 atom stereocenters. The van der Waals surface area contributed by atoms with Gasteiger partial charge in [-0.1, -0.05) is 42.0 Å². The van der Waals surface area contributed by atoms with Gasteiger partial charge in [0.05, 0.1) is 11.6 Å². The number of hydrogen-bond donors (Lipinski definition) is 1. The molecule has 0 radical (unpaired) electrons. The van der Waals surface area contributed by atoms with E-state index >= 15 is 0 Å². The number of aryl methyl sites for hydroxylation is 3. The average Bonchev–Trinajstić information content (AvgIpc) is 3.00. The van der Waals surface area contributed by atoms with Crippen LogP contribution >= 0.6 is 0 Å². The van der Waals surface area contributed by atoms with E-state index in [9.17, 15) is 19.1 Å². The number of Topliss-reactive ketones (excluding diaryl/α,β-unsaturated/α-hetero) is 1. The van der Waals surface area contributed by atoms with Crippen molar-refractivity contribution in [1.82, 2.24) is 0 Å². The predicted molar refractivity (Wildman–Crippen MR) is 118 cm³/mol. The number of benzene rings is 3. The van der Waals surface area contributed by atoms with Crippen molar-refractivity contribution in [3.05, 3.63) is 106 Å². The Morgan fingerprint density at radius 3 is 2.23 bits per heavy atom. The highest BCUT2D eigenvalue weighted by molar-refractivity contribution is 6.51. The molecule has 31 heavy (non-hydrogen) atoms. The van der Waals surface area contributed by atoms with Crippen LogP contribution in [0.2, 0.25) is 0 Å². The second kappa shape index (κ2) is 7.84. The fourth-order valence-corrected chi connectivity index (χ4v) is 3.98. The molecule has 0 aromatic heterocycles. The average molecular weight is 415 g/mol. The van der Waals surface area contributed by atoms with Crippen LogP contribution in [0.15, 0.2) is 72.3 Å². The quantitative estimate of drug-likeness (QED) is 0.355. The monoisotopic (exact) mass is 415 g/mol. The molecule has 1 heterocycles. The lowest BCUT2D eigenvalue weighted by Gasteiger charge is -2.26. The molecule has 1 amide bonds. The second-order valence-electron chi connectivity index (χ2n) is 7.89. The predicted octanol–water partition coefficient (Wildman–Crippen LogP) is 5.38. The highest BCUT2D eigenvalue weighted by atomic mass is 19.1. The number of rotatable bonds is 3. The minimum Gasteiger partial charge on any atom is -0.507 e. The van der Waals surface area contributed by atoms with E-state index in [0.29, 0.717) is 22.4 Å². The zero-order chi connectivity index (χ0) is 22.3. The number of aliphatic hydroxyl groups excluding tert-OH is 1. The molecule has 1 saturated heterocycles. The highest BCUT2D eigenvalue weighted by Crippen LogP contribution is 2.42. The molecule has 3 aromatic carbocycles. The fourth-order valence-electron chi connectivity index (χ4n) is 3.98. The van der Waals surface area contributed by atoms with E-state index in [2.05, 4.69) is 0 Å². The largest absolute Gasteiger partial charge is 0.507 e. The zero-order valence-electron chi connectivity index (χ0n) is 17.5. The fraction of sp³-hybridized carbons (Fsp3) is 0.154. The summed E-state index contributed by atoms with van der Waals surface area (Å²) in [5, 5.41) is 11.1. The molecule has 1 aliphatic rings. The third kappa shape index (κ3) is 3.63. The van der Waals surface area contributed by atoms with E-state index in [4.69, 9.17) is 0 Å². The van der Waals surface area contributed by atoms with Crippen LogP contribution in [0.1, 0.15) is 33.9 Å². The molecule has 1 fully saturated rings. The summed E-state index contributed by atoms with van der Waals surface area (Å²) in [5.74, 6) is -2.21. The molecule has 0 spiro atoms. The summed E-state index contributed by atoms with van der Waals surface area (Å²) >= 11 is 0. The molecule has 4 rings (SSSR count). The summed E-state index contributed by atoms with van der Waals surface area (Å²) in [4.78, 5) is 27.7. The number of halogens is 1. The molecular formula is C26H22FNO3. The van der Waals surface area contributed by atoms with E-state index in [0.717, 1.165) is 11.1 Å². The number of ketones is 1. The molecule has 0 saturated carbocycles. The molecule has 5 heteroatoms. The normalized spacial score (nSPS) is 17.9. The molecule has 4 nitrogen and oxygen atoms in total. The van der Waals surface area contributed by atoms with E-state index < -0.39 is 23.5 Å². The molecule has 0 aliphatic carbocycles.